The van der Waals surface area contributed by atoms with Crippen LogP contribution in [0.25, 0.3) is 5.52 Å². The highest BCUT2D eigenvalue weighted by Gasteiger charge is 2.23. The summed E-state index contributed by atoms with van der Waals surface area (Å²) in [6, 6.07) is 13.0. The molecule has 6 nitrogen and oxygen atoms in total. The number of carbonyl (C=O) groups is 1. The molecule has 1 N–H and O–H groups in total. The fourth-order valence-electron chi connectivity index (χ4n) is 3.25. The number of pyridine rings is 1. The first-order chi connectivity index (χ1) is 13.4. The van der Waals surface area contributed by atoms with Gasteiger partial charge in [0.2, 0.25) is 0 Å². The van der Waals surface area contributed by atoms with Crippen LogP contribution in [0.2, 0.25) is 0 Å². The second-order valence-electron chi connectivity index (χ2n) is 7.41. The molecule has 0 saturated heterocycles. The third-order valence-electron chi connectivity index (χ3n) is 4.69. The summed E-state index contributed by atoms with van der Waals surface area (Å²) >= 11 is 0. The molecule has 3 rings (SSSR count). The number of ether oxygens (including phenoxy) is 1. The van der Waals surface area contributed by atoms with E-state index in [1.54, 1.807) is 20.2 Å². The Balaban J connectivity index is 1.83. The summed E-state index contributed by atoms with van der Waals surface area (Å²) in [7, 11) is 3.27. The number of likely N-dealkylation sites (N-methyl/N-ethyl adjacent to an activating group) is 1. The molecule has 0 aliphatic heterocycles. The number of aliphatic hydroxyl groups is 1. The molecule has 148 valence electrons. The van der Waals surface area contributed by atoms with Crippen LogP contribution >= 0.6 is 0 Å². The average Bonchev–Trinajstić information content (AvgIpc) is 3.05. The van der Waals surface area contributed by atoms with E-state index in [2.05, 4.69) is 18.8 Å². The van der Waals surface area contributed by atoms with Crippen molar-refractivity contribution in [2.45, 2.75) is 26.4 Å². The fraction of sp³-hybridized carbons (Fsp3) is 0.364. The standard InChI is InChI=1S/C22H27N3O3/c1-15(2)12-20-23-21(18-10-5-6-11-25(18)20)22(27)24(3)14-19(26)16-8-7-9-17(13-16)28-4/h5-11,13,15,19,26H,12,14H2,1-4H3. The van der Waals surface area contributed by atoms with Crippen molar-refractivity contribution < 1.29 is 14.6 Å². The maximum Gasteiger partial charge on any atom is 0.274 e. The summed E-state index contributed by atoms with van der Waals surface area (Å²) in [5, 5.41) is 10.6. The Bertz CT molecular complexity index is 965. The molecular weight excluding hydrogens is 354 g/mol. The first-order valence-corrected chi connectivity index (χ1v) is 9.44. The molecule has 0 fully saturated rings. The molecule has 0 saturated carbocycles. The predicted octanol–water partition coefficient (Wildman–Crippen LogP) is 3.35. The van der Waals surface area contributed by atoms with E-state index in [4.69, 9.17) is 4.74 Å². The van der Waals surface area contributed by atoms with E-state index >= 15 is 0 Å². The lowest BCUT2D eigenvalue weighted by Crippen LogP contribution is -2.31. The van der Waals surface area contributed by atoms with Gasteiger partial charge in [0.15, 0.2) is 5.69 Å². The van der Waals surface area contributed by atoms with Gasteiger partial charge in [0.1, 0.15) is 11.6 Å². The summed E-state index contributed by atoms with van der Waals surface area (Å²) in [5.41, 5.74) is 1.90. The van der Waals surface area contributed by atoms with Gasteiger partial charge in [0, 0.05) is 19.7 Å². The van der Waals surface area contributed by atoms with Crippen LogP contribution < -0.4 is 4.74 Å². The van der Waals surface area contributed by atoms with E-state index in [9.17, 15) is 9.90 Å². The first-order valence-electron chi connectivity index (χ1n) is 9.44. The van der Waals surface area contributed by atoms with Crippen molar-refractivity contribution in [1.29, 1.82) is 0 Å². The van der Waals surface area contributed by atoms with Crippen LogP contribution in [0.1, 0.15) is 41.8 Å². The van der Waals surface area contributed by atoms with Crippen molar-refractivity contribution in [3.05, 3.63) is 65.7 Å². The zero-order valence-corrected chi connectivity index (χ0v) is 16.8. The second-order valence-corrected chi connectivity index (χ2v) is 7.41. The van der Waals surface area contributed by atoms with Gasteiger partial charge in [-0.1, -0.05) is 32.0 Å². The van der Waals surface area contributed by atoms with Gasteiger partial charge in [-0.15, -0.1) is 0 Å². The maximum atomic E-state index is 13.1. The Labute approximate surface area is 165 Å². The van der Waals surface area contributed by atoms with Gasteiger partial charge in [-0.2, -0.15) is 0 Å². The Kier molecular flexibility index (Phi) is 5.99. The maximum absolute atomic E-state index is 13.1. The second kappa shape index (κ2) is 8.44. The van der Waals surface area contributed by atoms with E-state index in [0.29, 0.717) is 22.9 Å². The minimum absolute atomic E-state index is 0.164. The summed E-state index contributed by atoms with van der Waals surface area (Å²) in [6.45, 7) is 4.42. The van der Waals surface area contributed by atoms with Crippen molar-refractivity contribution >= 4 is 11.4 Å². The van der Waals surface area contributed by atoms with Crippen molar-refractivity contribution in [3.63, 3.8) is 0 Å². The number of nitrogens with zero attached hydrogens (tertiary/aromatic N) is 3. The molecule has 0 aliphatic rings. The van der Waals surface area contributed by atoms with Gasteiger partial charge in [-0.25, -0.2) is 4.98 Å². The van der Waals surface area contributed by atoms with Crippen LogP contribution in [0, 0.1) is 5.92 Å². The fourth-order valence-corrected chi connectivity index (χ4v) is 3.25. The lowest BCUT2D eigenvalue weighted by Gasteiger charge is -2.20. The Morgan fingerprint density at radius 1 is 1.25 bits per heavy atom. The molecule has 6 heteroatoms. The smallest absolute Gasteiger partial charge is 0.274 e. The van der Waals surface area contributed by atoms with Crippen LogP contribution in [0.5, 0.6) is 5.75 Å². The number of benzene rings is 1. The number of rotatable bonds is 7. The number of fused-ring (bicyclic) bond motifs is 1. The van der Waals surface area contributed by atoms with Crippen LogP contribution in [0.3, 0.4) is 0 Å². The number of imidazole rings is 1. The molecule has 1 amide bonds. The topological polar surface area (TPSA) is 67.1 Å². The van der Waals surface area contributed by atoms with Crippen molar-refractivity contribution in [2.24, 2.45) is 5.92 Å². The SMILES string of the molecule is COc1cccc(C(O)CN(C)C(=O)c2nc(CC(C)C)n3ccccc23)c1. The molecule has 0 aliphatic carbocycles. The lowest BCUT2D eigenvalue weighted by atomic mass is 10.1. The van der Waals surface area contributed by atoms with Crippen molar-refractivity contribution in [2.75, 3.05) is 20.7 Å². The molecule has 1 aromatic carbocycles. The van der Waals surface area contributed by atoms with Crippen LogP contribution in [0.15, 0.2) is 48.7 Å². The van der Waals surface area contributed by atoms with Gasteiger partial charge in [-0.3, -0.25) is 4.79 Å². The first kappa shape index (κ1) is 19.9. The van der Waals surface area contributed by atoms with Crippen LogP contribution in [0.4, 0.5) is 0 Å². The number of aromatic nitrogens is 2. The van der Waals surface area contributed by atoms with Gasteiger partial charge in [-0.05, 0) is 35.7 Å². The summed E-state index contributed by atoms with van der Waals surface area (Å²) in [6.07, 6.45) is 1.91. The van der Waals surface area contributed by atoms with Crippen LogP contribution in [-0.4, -0.2) is 46.0 Å². The minimum atomic E-state index is -0.812. The zero-order chi connectivity index (χ0) is 20.3. The molecule has 0 bridgehead atoms. The summed E-state index contributed by atoms with van der Waals surface area (Å²) in [5.74, 6) is 1.77. The number of amides is 1. The number of hydrogen-bond donors (Lipinski definition) is 1. The zero-order valence-electron chi connectivity index (χ0n) is 16.8. The molecule has 2 aromatic heterocycles. The average molecular weight is 381 g/mol. The van der Waals surface area contributed by atoms with Gasteiger partial charge >= 0.3 is 0 Å². The van der Waals surface area contributed by atoms with E-state index in [0.717, 1.165) is 17.8 Å². The van der Waals surface area contributed by atoms with E-state index < -0.39 is 6.10 Å². The lowest BCUT2D eigenvalue weighted by molar-refractivity contribution is 0.0677. The molecule has 1 unspecified atom stereocenters. The predicted molar refractivity (Wildman–Crippen MR) is 109 cm³/mol. The van der Waals surface area contributed by atoms with E-state index in [1.165, 1.54) is 4.90 Å². The number of hydrogen-bond acceptors (Lipinski definition) is 4. The van der Waals surface area contributed by atoms with Crippen LogP contribution in [-0.2, 0) is 6.42 Å². The number of methoxy groups -OCH3 is 1. The quantitative estimate of drug-likeness (QED) is 0.682. The molecular formula is C22H27N3O3. The Morgan fingerprint density at radius 2 is 2.04 bits per heavy atom. The molecule has 0 spiro atoms. The summed E-state index contributed by atoms with van der Waals surface area (Å²) < 4.78 is 7.18. The minimum Gasteiger partial charge on any atom is -0.497 e. The number of carbonyl (C=O) groups excluding carboxylic acids is 1. The molecule has 0 radical (unpaired) electrons. The normalized spacial score (nSPS) is 12.4. The highest BCUT2D eigenvalue weighted by Crippen LogP contribution is 2.22. The third-order valence-corrected chi connectivity index (χ3v) is 4.69. The Morgan fingerprint density at radius 3 is 2.75 bits per heavy atom. The van der Waals surface area contributed by atoms with Gasteiger partial charge in [0.25, 0.3) is 5.91 Å². The van der Waals surface area contributed by atoms with Gasteiger partial charge in [0.05, 0.1) is 25.3 Å². The molecule has 1 atom stereocenters. The van der Waals surface area contributed by atoms with E-state index in [-0.39, 0.29) is 12.5 Å². The third kappa shape index (κ3) is 4.17. The highest BCUT2D eigenvalue weighted by molar-refractivity contribution is 5.99. The van der Waals surface area contributed by atoms with Crippen molar-refractivity contribution in [1.82, 2.24) is 14.3 Å². The molecule has 3 aromatic rings. The molecule has 28 heavy (non-hydrogen) atoms. The molecule has 2 heterocycles. The van der Waals surface area contributed by atoms with Gasteiger partial charge < -0.3 is 19.1 Å². The Hall–Kier alpha value is -2.86. The highest BCUT2D eigenvalue weighted by atomic mass is 16.5. The summed E-state index contributed by atoms with van der Waals surface area (Å²) in [4.78, 5) is 19.2. The monoisotopic (exact) mass is 381 g/mol. The number of aliphatic hydroxyl groups excluding tert-OH is 1. The van der Waals surface area contributed by atoms with Crippen molar-refractivity contribution in [3.8, 4) is 5.75 Å². The largest absolute Gasteiger partial charge is 0.497 e. The van der Waals surface area contributed by atoms with E-state index in [1.807, 2.05) is 47.0 Å².